The molecule has 0 fully saturated rings. The van der Waals surface area contributed by atoms with Gasteiger partial charge in [0.15, 0.2) is 12.0 Å². The van der Waals surface area contributed by atoms with Crippen molar-refractivity contribution in [3.8, 4) is 0 Å². The van der Waals surface area contributed by atoms with E-state index in [1.807, 2.05) is 17.1 Å². The lowest BCUT2D eigenvalue weighted by Gasteiger charge is -2.37. The van der Waals surface area contributed by atoms with E-state index in [9.17, 15) is 0 Å². The summed E-state index contributed by atoms with van der Waals surface area (Å²) in [5, 5.41) is 0. The van der Waals surface area contributed by atoms with Crippen molar-refractivity contribution in [2.75, 3.05) is 27.9 Å². The van der Waals surface area contributed by atoms with E-state index in [0.717, 1.165) is 5.57 Å². The van der Waals surface area contributed by atoms with Gasteiger partial charge in [0, 0.05) is 33.4 Å². The summed E-state index contributed by atoms with van der Waals surface area (Å²) in [7, 11) is 4.77. The third-order valence-electron chi connectivity index (χ3n) is 3.69. The monoisotopic (exact) mass is 294 g/mol. The van der Waals surface area contributed by atoms with E-state index in [1.165, 1.54) is 0 Å². The number of nitrogens with two attached hydrogens (primary N) is 2. The van der Waals surface area contributed by atoms with E-state index >= 15 is 0 Å². The molecule has 0 radical (unpaired) electrons. The summed E-state index contributed by atoms with van der Waals surface area (Å²) in [5.74, 6) is 0.293. The first-order valence-corrected chi connectivity index (χ1v) is 6.62. The van der Waals surface area contributed by atoms with Gasteiger partial charge in [-0.15, -0.1) is 0 Å². The minimum absolute atomic E-state index is 0.483. The molecule has 21 heavy (non-hydrogen) atoms. The number of ether oxygens (including phenoxy) is 3. The first kappa shape index (κ1) is 15.6. The van der Waals surface area contributed by atoms with Gasteiger partial charge in [0.05, 0.1) is 7.11 Å². The highest BCUT2D eigenvalue weighted by atomic mass is 16.7. The second kappa shape index (κ2) is 6.30. The molecule has 4 N–H and O–H groups in total. The van der Waals surface area contributed by atoms with Gasteiger partial charge in [-0.25, -0.2) is 0 Å². The Morgan fingerprint density at radius 3 is 2.57 bits per heavy atom. The Labute approximate surface area is 124 Å². The van der Waals surface area contributed by atoms with Gasteiger partial charge in [-0.05, 0) is 17.7 Å². The van der Waals surface area contributed by atoms with E-state index in [4.69, 9.17) is 25.7 Å². The molecule has 2 rings (SSSR count). The van der Waals surface area contributed by atoms with Crippen LogP contribution in [0.5, 0.6) is 0 Å². The fourth-order valence-electron chi connectivity index (χ4n) is 2.47. The average Bonchev–Trinajstić information content (AvgIpc) is 2.50. The molecule has 7 heteroatoms. The van der Waals surface area contributed by atoms with Gasteiger partial charge in [-0.1, -0.05) is 6.08 Å². The number of hydrogen-bond donors (Lipinski definition) is 2. The average molecular weight is 294 g/mol. The molecule has 0 bridgehead atoms. The lowest BCUT2D eigenvalue weighted by Crippen LogP contribution is -2.46. The van der Waals surface area contributed by atoms with Gasteiger partial charge in [-0.2, -0.15) is 0 Å². The van der Waals surface area contributed by atoms with Crippen LogP contribution in [-0.4, -0.2) is 51.1 Å². The topological polar surface area (TPSA) is 95.3 Å². The van der Waals surface area contributed by atoms with E-state index in [2.05, 4.69) is 4.99 Å². The first-order chi connectivity index (χ1) is 10.1. The van der Waals surface area contributed by atoms with Crippen LogP contribution >= 0.6 is 0 Å². The lowest BCUT2D eigenvalue weighted by molar-refractivity contribution is -0.200. The molecule has 0 saturated carbocycles. The van der Waals surface area contributed by atoms with Crippen molar-refractivity contribution >= 4 is 6.21 Å². The van der Waals surface area contributed by atoms with Gasteiger partial charge in [-0.3, -0.25) is 10.7 Å². The smallest absolute Gasteiger partial charge is 0.231 e. The molecule has 7 nitrogen and oxygen atoms in total. The molecule has 0 aromatic carbocycles. The Balaban J connectivity index is 2.18. The van der Waals surface area contributed by atoms with Crippen molar-refractivity contribution in [2.24, 2.45) is 16.5 Å². The first-order valence-electron chi connectivity index (χ1n) is 6.62. The van der Waals surface area contributed by atoms with Crippen molar-refractivity contribution in [3.63, 3.8) is 0 Å². The zero-order valence-electron chi connectivity index (χ0n) is 12.6. The molecular weight excluding hydrogens is 272 g/mol. The molecule has 1 aliphatic carbocycles. The van der Waals surface area contributed by atoms with Gasteiger partial charge in [0.25, 0.3) is 0 Å². The van der Waals surface area contributed by atoms with E-state index < -0.39 is 12.1 Å². The van der Waals surface area contributed by atoms with Crippen LogP contribution in [0.3, 0.4) is 0 Å². The minimum atomic E-state index is -0.916. The SMILES string of the molecule is COC1=CC=C(CN2C(N)=CC=NC2N)CC1(OC)OC. The van der Waals surface area contributed by atoms with E-state index in [1.54, 1.807) is 33.6 Å². The molecule has 1 aliphatic heterocycles. The number of nitrogens with zero attached hydrogens (tertiary/aromatic N) is 2. The van der Waals surface area contributed by atoms with E-state index in [0.29, 0.717) is 24.5 Å². The Hall–Kier alpha value is -1.83. The van der Waals surface area contributed by atoms with Crippen LogP contribution < -0.4 is 11.5 Å². The second-order valence-corrected chi connectivity index (χ2v) is 4.83. The molecule has 0 saturated heterocycles. The summed E-state index contributed by atoms with van der Waals surface area (Å²) in [5.41, 5.74) is 13.0. The van der Waals surface area contributed by atoms with Crippen LogP contribution in [0.15, 0.2) is 40.4 Å². The zero-order valence-corrected chi connectivity index (χ0v) is 12.6. The summed E-state index contributed by atoms with van der Waals surface area (Å²) in [4.78, 5) is 5.94. The maximum absolute atomic E-state index is 5.96. The van der Waals surface area contributed by atoms with Crippen LogP contribution in [0.2, 0.25) is 0 Å². The predicted molar refractivity (Wildman–Crippen MR) is 80.0 cm³/mol. The third kappa shape index (κ3) is 2.94. The molecule has 2 aliphatic rings. The highest BCUT2D eigenvalue weighted by Crippen LogP contribution is 2.34. The van der Waals surface area contributed by atoms with Gasteiger partial charge in [0.2, 0.25) is 5.79 Å². The maximum Gasteiger partial charge on any atom is 0.231 e. The van der Waals surface area contributed by atoms with Gasteiger partial charge >= 0.3 is 0 Å². The minimum Gasteiger partial charge on any atom is -0.495 e. The second-order valence-electron chi connectivity index (χ2n) is 4.83. The zero-order chi connectivity index (χ0) is 15.5. The molecular formula is C14H22N4O3. The largest absolute Gasteiger partial charge is 0.495 e. The standard InChI is InChI=1S/C14H22N4O3/c1-19-11-5-4-10(8-14(11,20-2)21-3)9-18-12(15)6-7-17-13(18)16/h4-7,13H,8-9,15-16H2,1-3H3. The summed E-state index contributed by atoms with van der Waals surface area (Å²) in [6.45, 7) is 0.544. The number of aliphatic imine (C=N–C) groups is 1. The molecule has 0 amide bonds. The Kier molecular flexibility index (Phi) is 4.66. The Morgan fingerprint density at radius 1 is 1.29 bits per heavy atom. The molecule has 1 atom stereocenters. The normalized spacial score (nSPS) is 24.3. The number of hydrogen-bond acceptors (Lipinski definition) is 7. The van der Waals surface area contributed by atoms with Crippen molar-refractivity contribution in [1.82, 2.24) is 4.90 Å². The van der Waals surface area contributed by atoms with Crippen LogP contribution in [-0.2, 0) is 14.2 Å². The maximum atomic E-state index is 5.96. The Bertz CT molecular complexity index is 506. The fraction of sp³-hybridized carbons (Fsp3) is 0.500. The number of allylic oxidation sites excluding steroid dienone is 3. The predicted octanol–water partition coefficient (Wildman–Crippen LogP) is 0.265. The summed E-state index contributed by atoms with van der Waals surface area (Å²) in [6.07, 6.45) is 7.19. The number of rotatable bonds is 5. The highest BCUT2D eigenvalue weighted by Gasteiger charge is 2.39. The van der Waals surface area contributed by atoms with Crippen LogP contribution in [0.1, 0.15) is 6.42 Å². The Morgan fingerprint density at radius 2 is 2.00 bits per heavy atom. The van der Waals surface area contributed by atoms with Crippen LogP contribution in [0, 0.1) is 0 Å². The third-order valence-corrected chi connectivity index (χ3v) is 3.69. The molecule has 0 spiro atoms. The molecule has 1 heterocycles. The summed E-state index contributed by atoms with van der Waals surface area (Å²) < 4.78 is 16.4. The van der Waals surface area contributed by atoms with E-state index in [-0.39, 0.29) is 0 Å². The highest BCUT2D eigenvalue weighted by molar-refractivity contribution is 5.72. The van der Waals surface area contributed by atoms with Gasteiger partial charge < -0.3 is 24.8 Å². The molecule has 116 valence electrons. The molecule has 0 aromatic rings. The fourth-order valence-corrected chi connectivity index (χ4v) is 2.47. The lowest BCUT2D eigenvalue weighted by atomic mass is 9.96. The van der Waals surface area contributed by atoms with Gasteiger partial charge in [0.1, 0.15) is 5.82 Å². The summed E-state index contributed by atoms with van der Waals surface area (Å²) >= 11 is 0. The van der Waals surface area contributed by atoms with Crippen LogP contribution in [0.4, 0.5) is 0 Å². The number of methoxy groups -OCH3 is 3. The van der Waals surface area contributed by atoms with Crippen molar-refractivity contribution < 1.29 is 14.2 Å². The molecule has 1 unspecified atom stereocenters. The van der Waals surface area contributed by atoms with Crippen molar-refractivity contribution in [1.29, 1.82) is 0 Å². The van der Waals surface area contributed by atoms with Crippen LogP contribution in [0.25, 0.3) is 0 Å². The quantitative estimate of drug-likeness (QED) is 0.706. The molecule has 0 aromatic heterocycles. The van der Waals surface area contributed by atoms with Crippen molar-refractivity contribution in [3.05, 3.63) is 35.4 Å². The van der Waals surface area contributed by atoms with Crippen molar-refractivity contribution in [2.45, 2.75) is 18.5 Å². The summed E-state index contributed by atoms with van der Waals surface area (Å²) in [6, 6.07) is 0.